The van der Waals surface area contributed by atoms with Gasteiger partial charge in [-0.15, -0.1) is 0 Å². The molecule has 0 heterocycles. The average molecular weight is 307 g/mol. The smallest absolute Gasteiger partial charge is 0.140 e. The summed E-state index contributed by atoms with van der Waals surface area (Å²) >= 11 is 5.90. The van der Waals surface area contributed by atoms with Crippen molar-refractivity contribution in [3.05, 3.63) is 64.4 Å². The summed E-state index contributed by atoms with van der Waals surface area (Å²) in [5.74, 6) is 0.359. The van der Waals surface area contributed by atoms with E-state index in [0.29, 0.717) is 18.6 Å². The molecular weight excluding hydrogens is 291 g/mol. The van der Waals surface area contributed by atoms with Crippen molar-refractivity contribution in [2.45, 2.75) is 19.8 Å². The fourth-order valence-electron chi connectivity index (χ4n) is 1.95. The Morgan fingerprint density at radius 1 is 1.24 bits per heavy atom. The van der Waals surface area contributed by atoms with Gasteiger partial charge in [0.15, 0.2) is 0 Å². The lowest BCUT2D eigenvalue weighted by atomic mass is 10.1. The molecule has 4 heteroatoms. The highest BCUT2D eigenvalue weighted by Crippen LogP contribution is 2.18. The molecule has 2 aromatic rings. The van der Waals surface area contributed by atoms with Crippen molar-refractivity contribution in [1.82, 2.24) is 0 Å². The highest BCUT2D eigenvalue weighted by molar-refractivity contribution is 6.31. The van der Waals surface area contributed by atoms with Gasteiger partial charge >= 0.3 is 0 Å². The fourth-order valence-corrected chi connectivity index (χ4v) is 2.19. The summed E-state index contributed by atoms with van der Waals surface area (Å²) in [4.78, 5) is 11.9. The molecule has 0 aliphatic carbocycles. The number of Topliss-reactive ketones (excluding diaryl/α,β-unsaturated/α-hetero) is 1. The van der Waals surface area contributed by atoms with Gasteiger partial charge in [0.25, 0.3) is 0 Å². The van der Waals surface area contributed by atoms with E-state index >= 15 is 0 Å². The molecule has 0 saturated carbocycles. The van der Waals surface area contributed by atoms with Gasteiger partial charge in [0.1, 0.15) is 17.3 Å². The van der Waals surface area contributed by atoms with E-state index in [0.717, 1.165) is 11.3 Å². The first kappa shape index (κ1) is 15.5. The number of ketones is 1. The molecule has 0 N–H and O–H groups in total. The number of carbonyl (C=O) groups excluding carboxylic acids is 1. The first-order chi connectivity index (χ1) is 10.0. The Balaban J connectivity index is 1.82. The molecule has 2 aromatic carbocycles. The second kappa shape index (κ2) is 7.23. The summed E-state index contributed by atoms with van der Waals surface area (Å²) < 4.78 is 18.4. The van der Waals surface area contributed by atoms with Crippen molar-refractivity contribution in [2.24, 2.45) is 0 Å². The number of hydrogen-bond donors (Lipinski definition) is 0. The van der Waals surface area contributed by atoms with Gasteiger partial charge in [0, 0.05) is 17.9 Å². The zero-order valence-corrected chi connectivity index (χ0v) is 12.5. The van der Waals surface area contributed by atoms with E-state index in [1.54, 1.807) is 0 Å². The van der Waals surface area contributed by atoms with E-state index in [4.69, 9.17) is 16.3 Å². The number of ether oxygens (including phenoxy) is 1. The van der Waals surface area contributed by atoms with E-state index in [9.17, 15) is 9.18 Å². The van der Waals surface area contributed by atoms with E-state index in [2.05, 4.69) is 0 Å². The third-order valence-corrected chi connectivity index (χ3v) is 3.39. The largest absolute Gasteiger partial charge is 0.493 e. The quantitative estimate of drug-likeness (QED) is 0.792. The zero-order valence-electron chi connectivity index (χ0n) is 11.7. The topological polar surface area (TPSA) is 26.3 Å². The van der Waals surface area contributed by atoms with Gasteiger partial charge in [-0.3, -0.25) is 4.79 Å². The summed E-state index contributed by atoms with van der Waals surface area (Å²) in [6, 6.07) is 11.7. The standard InChI is InChI=1S/C17H16ClFO2/c1-12-3-2-4-16(9-12)21-8-7-15(20)10-13-5-6-14(19)11-17(13)18/h2-6,9,11H,7-8,10H2,1H3. The second-order valence-corrected chi connectivity index (χ2v) is 5.27. The van der Waals surface area contributed by atoms with E-state index in [1.165, 1.54) is 18.2 Å². The number of rotatable bonds is 6. The molecule has 0 aromatic heterocycles. The van der Waals surface area contributed by atoms with Gasteiger partial charge in [0.2, 0.25) is 0 Å². The van der Waals surface area contributed by atoms with Crippen LogP contribution in [0.25, 0.3) is 0 Å². The monoisotopic (exact) mass is 306 g/mol. The molecule has 0 amide bonds. The van der Waals surface area contributed by atoms with Gasteiger partial charge in [-0.1, -0.05) is 29.8 Å². The maximum absolute atomic E-state index is 12.9. The molecular formula is C17H16ClFO2. The Morgan fingerprint density at radius 2 is 2.05 bits per heavy atom. The number of hydrogen-bond acceptors (Lipinski definition) is 2. The molecule has 2 rings (SSSR count). The van der Waals surface area contributed by atoms with Crippen molar-refractivity contribution in [1.29, 1.82) is 0 Å². The van der Waals surface area contributed by atoms with Gasteiger partial charge in [0.05, 0.1) is 6.61 Å². The molecule has 0 atom stereocenters. The molecule has 0 aliphatic heterocycles. The van der Waals surface area contributed by atoms with Crippen molar-refractivity contribution in [2.75, 3.05) is 6.61 Å². The highest BCUT2D eigenvalue weighted by atomic mass is 35.5. The Bertz CT molecular complexity index is 640. The molecule has 21 heavy (non-hydrogen) atoms. The summed E-state index contributed by atoms with van der Waals surface area (Å²) in [6.07, 6.45) is 0.484. The third-order valence-electron chi connectivity index (χ3n) is 3.04. The molecule has 0 bridgehead atoms. The lowest BCUT2D eigenvalue weighted by Gasteiger charge is -2.07. The number of carbonyl (C=O) groups is 1. The molecule has 0 unspecified atom stereocenters. The van der Waals surface area contributed by atoms with Crippen molar-refractivity contribution in [3.8, 4) is 5.75 Å². The minimum Gasteiger partial charge on any atom is -0.493 e. The summed E-state index contributed by atoms with van der Waals surface area (Å²) in [6.45, 7) is 2.30. The Morgan fingerprint density at radius 3 is 2.76 bits per heavy atom. The Kier molecular flexibility index (Phi) is 5.34. The van der Waals surface area contributed by atoms with Crippen LogP contribution in [0, 0.1) is 12.7 Å². The lowest BCUT2D eigenvalue weighted by Crippen LogP contribution is -2.09. The lowest BCUT2D eigenvalue weighted by molar-refractivity contribution is -0.118. The van der Waals surface area contributed by atoms with Gasteiger partial charge in [-0.25, -0.2) is 4.39 Å². The predicted molar refractivity (Wildman–Crippen MR) is 81.4 cm³/mol. The van der Waals surface area contributed by atoms with Gasteiger partial charge < -0.3 is 4.74 Å². The van der Waals surface area contributed by atoms with Crippen molar-refractivity contribution in [3.63, 3.8) is 0 Å². The minimum absolute atomic E-state index is 0.0103. The van der Waals surface area contributed by atoms with Crippen LogP contribution in [0.4, 0.5) is 4.39 Å². The molecule has 0 radical (unpaired) electrons. The summed E-state index contributed by atoms with van der Waals surface area (Å²) in [7, 11) is 0. The maximum Gasteiger partial charge on any atom is 0.140 e. The van der Waals surface area contributed by atoms with Gasteiger partial charge in [-0.2, -0.15) is 0 Å². The zero-order chi connectivity index (χ0) is 15.2. The predicted octanol–water partition coefficient (Wildman–Crippen LogP) is 4.37. The number of aryl methyl sites for hydroxylation is 1. The van der Waals surface area contributed by atoms with Crippen molar-refractivity contribution < 1.29 is 13.9 Å². The SMILES string of the molecule is Cc1cccc(OCCC(=O)Cc2ccc(F)cc2Cl)c1. The van der Waals surface area contributed by atoms with Crippen LogP contribution < -0.4 is 4.74 Å². The van der Waals surface area contributed by atoms with E-state index in [1.807, 2.05) is 31.2 Å². The summed E-state index contributed by atoms with van der Waals surface area (Å²) in [5.41, 5.74) is 1.75. The van der Waals surface area contributed by atoms with Gasteiger partial charge in [-0.05, 0) is 42.3 Å². The molecule has 0 saturated heterocycles. The highest BCUT2D eigenvalue weighted by Gasteiger charge is 2.08. The third kappa shape index (κ3) is 4.87. The first-order valence-corrected chi connectivity index (χ1v) is 7.07. The second-order valence-electron chi connectivity index (χ2n) is 4.87. The van der Waals surface area contributed by atoms with Crippen LogP contribution in [0.15, 0.2) is 42.5 Å². The van der Waals surface area contributed by atoms with Crippen LogP contribution in [0.2, 0.25) is 5.02 Å². The van der Waals surface area contributed by atoms with Crippen LogP contribution in [-0.2, 0) is 11.2 Å². The molecule has 0 aliphatic rings. The van der Waals surface area contributed by atoms with Crippen LogP contribution in [0.1, 0.15) is 17.5 Å². The van der Waals surface area contributed by atoms with E-state index in [-0.39, 0.29) is 17.2 Å². The van der Waals surface area contributed by atoms with Crippen molar-refractivity contribution >= 4 is 17.4 Å². The minimum atomic E-state index is -0.404. The first-order valence-electron chi connectivity index (χ1n) is 6.69. The molecule has 2 nitrogen and oxygen atoms in total. The van der Waals surface area contributed by atoms with E-state index < -0.39 is 5.82 Å². The van der Waals surface area contributed by atoms with Crippen LogP contribution in [-0.4, -0.2) is 12.4 Å². The number of halogens is 2. The fraction of sp³-hybridized carbons (Fsp3) is 0.235. The van der Waals surface area contributed by atoms with Crippen LogP contribution in [0.5, 0.6) is 5.75 Å². The molecule has 0 fully saturated rings. The summed E-state index contributed by atoms with van der Waals surface area (Å²) in [5, 5.41) is 0.281. The molecule has 0 spiro atoms. The Hall–Kier alpha value is -1.87. The molecule has 110 valence electrons. The maximum atomic E-state index is 12.9. The Labute approximate surface area is 128 Å². The van der Waals surface area contributed by atoms with Crippen LogP contribution in [0.3, 0.4) is 0 Å². The average Bonchev–Trinajstić information content (AvgIpc) is 2.42. The van der Waals surface area contributed by atoms with Crippen LogP contribution >= 0.6 is 11.6 Å². The number of benzene rings is 2. The normalized spacial score (nSPS) is 10.4.